The van der Waals surface area contributed by atoms with Crippen LogP contribution in [-0.2, 0) is 10.0 Å². The first kappa shape index (κ1) is 14.8. The van der Waals surface area contributed by atoms with Crippen LogP contribution < -0.4 is 5.73 Å². The third-order valence-corrected chi connectivity index (χ3v) is 5.15. The van der Waals surface area contributed by atoms with Gasteiger partial charge in [0, 0.05) is 31.9 Å². The zero-order valence-corrected chi connectivity index (χ0v) is 11.7. The molecule has 0 bridgehead atoms. The Morgan fingerprint density at radius 2 is 1.95 bits per heavy atom. The molecule has 0 radical (unpaired) electrons. The van der Waals surface area contributed by atoms with Gasteiger partial charge in [0.25, 0.3) is 0 Å². The zero-order valence-electron chi connectivity index (χ0n) is 10.9. The van der Waals surface area contributed by atoms with E-state index in [2.05, 4.69) is 5.92 Å². The van der Waals surface area contributed by atoms with Gasteiger partial charge in [0.1, 0.15) is 10.7 Å². The van der Waals surface area contributed by atoms with Crippen molar-refractivity contribution >= 4 is 15.7 Å². The number of hydrogen-bond donors (Lipinski definition) is 1. The smallest absolute Gasteiger partial charge is 0.246 e. The van der Waals surface area contributed by atoms with Gasteiger partial charge in [0.15, 0.2) is 0 Å². The number of nitrogens with zero attached hydrogens (tertiary/aromatic N) is 2. The zero-order chi connectivity index (χ0) is 14.8. The van der Waals surface area contributed by atoms with Crippen LogP contribution >= 0.6 is 0 Å². The Morgan fingerprint density at radius 3 is 2.50 bits per heavy atom. The van der Waals surface area contributed by atoms with Gasteiger partial charge in [-0.2, -0.15) is 4.31 Å². The molecule has 5 nitrogen and oxygen atoms in total. The van der Waals surface area contributed by atoms with Crippen molar-refractivity contribution in [1.82, 2.24) is 9.21 Å². The third kappa shape index (κ3) is 2.93. The van der Waals surface area contributed by atoms with Crippen LogP contribution in [0.25, 0.3) is 0 Å². The van der Waals surface area contributed by atoms with Crippen molar-refractivity contribution in [2.75, 3.05) is 38.5 Å². The summed E-state index contributed by atoms with van der Waals surface area (Å²) in [4.78, 5) is 1.64. The molecule has 0 aromatic heterocycles. The maximum atomic E-state index is 13.8. The molecule has 0 aliphatic carbocycles. The van der Waals surface area contributed by atoms with Crippen molar-refractivity contribution in [3.63, 3.8) is 0 Å². The van der Waals surface area contributed by atoms with Crippen molar-refractivity contribution in [1.29, 1.82) is 0 Å². The molecule has 7 heteroatoms. The lowest BCUT2D eigenvalue weighted by Gasteiger charge is -2.32. The Bertz CT molecular complexity index is 632. The Labute approximate surface area is 118 Å². The van der Waals surface area contributed by atoms with Gasteiger partial charge >= 0.3 is 0 Å². The maximum Gasteiger partial charge on any atom is 0.246 e. The second-order valence-electron chi connectivity index (χ2n) is 4.57. The first-order valence-electron chi connectivity index (χ1n) is 6.16. The van der Waals surface area contributed by atoms with Crippen LogP contribution in [0, 0.1) is 18.2 Å². The standard InChI is InChI=1S/C13H16FN3O2S/c1-2-5-16-6-8-17(9-7-16)20(18,19)13-4-3-11(15)10-12(13)14/h1,3-4,10H,5-9,15H2. The highest BCUT2D eigenvalue weighted by atomic mass is 32.2. The molecule has 108 valence electrons. The van der Waals surface area contributed by atoms with E-state index in [4.69, 9.17) is 12.2 Å². The van der Waals surface area contributed by atoms with Crippen molar-refractivity contribution in [2.24, 2.45) is 0 Å². The van der Waals surface area contributed by atoms with Gasteiger partial charge in [-0.3, -0.25) is 4.90 Å². The molecule has 20 heavy (non-hydrogen) atoms. The lowest BCUT2D eigenvalue weighted by atomic mass is 10.3. The van der Waals surface area contributed by atoms with Crippen LogP contribution in [0.1, 0.15) is 0 Å². The summed E-state index contributed by atoms with van der Waals surface area (Å²) in [5, 5.41) is 0. The van der Waals surface area contributed by atoms with E-state index in [1.165, 1.54) is 16.4 Å². The SMILES string of the molecule is C#CCN1CCN(S(=O)(=O)c2ccc(N)cc2F)CC1. The quantitative estimate of drug-likeness (QED) is 0.646. The predicted molar refractivity (Wildman–Crippen MR) is 74.8 cm³/mol. The highest BCUT2D eigenvalue weighted by Crippen LogP contribution is 2.22. The Kier molecular flexibility index (Phi) is 4.28. The lowest BCUT2D eigenvalue weighted by Crippen LogP contribution is -2.48. The van der Waals surface area contributed by atoms with E-state index >= 15 is 0 Å². The molecule has 1 aliphatic rings. The lowest BCUT2D eigenvalue weighted by molar-refractivity contribution is 0.206. The summed E-state index contributed by atoms with van der Waals surface area (Å²) in [6, 6.07) is 3.60. The van der Waals surface area contributed by atoms with Crippen LogP contribution in [-0.4, -0.2) is 50.3 Å². The van der Waals surface area contributed by atoms with E-state index in [0.29, 0.717) is 32.7 Å². The second-order valence-corrected chi connectivity index (χ2v) is 6.48. The summed E-state index contributed by atoms with van der Waals surface area (Å²) in [7, 11) is -3.82. The Balaban J connectivity index is 2.18. The number of anilines is 1. The van der Waals surface area contributed by atoms with E-state index in [-0.39, 0.29) is 10.6 Å². The maximum absolute atomic E-state index is 13.8. The molecular weight excluding hydrogens is 281 g/mol. The molecule has 1 aromatic carbocycles. The summed E-state index contributed by atoms with van der Waals surface area (Å²) in [6.07, 6.45) is 5.22. The van der Waals surface area contributed by atoms with E-state index in [1.807, 2.05) is 4.90 Å². The van der Waals surface area contributed by atoms with Gasteiger partial charge in [0.2, 0.25) is 10.0 Å². The molecule has 0 saturated carbocycles. The van der Waals surface area contributed by atoms with Crippen molar-refractivity contribution in [2.45, 2.75) is 4.90 Å². The minimum Gasteiger partial charge on any atom is -0.399 e. The molecule has 1 heterocycles. The number of hydrogen-bond acceptors (Lipinski definition) is 4. The van der Waals surface area contributed by atoms with Gasteiger partial charge in [-0.1, -0.05) is 5.92 Å². The van der Waals surface area contributed by atoms with Crippen molar-refractivity contribution in [3.8, 4) is 12.3 Å². The number of terminal acetylenes is 1. The fourth-order valence-electron chi connectivity index (χ4n) is 2.12. The third-order valence-electron chi connectivity index (χ3n) is 3.22. The monoisotopic (exact) mass is 297 g/mol. The highest BCUT2D eigenvalue weighted by molar-refractivity contribution is 7.89. The minimum atomic E-state index is -3.82. The Hall–Kier alpha value is -1.62. The van der Waals surface area contributed by atoms with Gasteiger partial charge in [-0.05, 0) is 18.2 Å². The van der Waals surface area contributed by atoms with E-state index in [9.17, 15) is 12.8 Å². The molecule has 1 aliphatic heterocycles. The average molecular weight is 297 g/mol. The van der Waals surface area contributed by atoms with Gasteiger partial charge in [0.05, 0.1) is 6.54 Å². The molecule has 0 spiro atoms. The highest BCUT2D eigenvalue weighted by Gasteiger charge is 2.30. The average Bonchev–Trinajstić information content (AvgIpc) is 2.39. The fourth-order valence-corrected chi connectivity index (χ4v) is 3.59. The number of piperazine rings is 1. The molecule has 1 fully saturated rings. The van der Waals surface area contributed by atoms with E-state index in [0.717, 1.165) is 6.07 Å². The summed E-state index contributed by atoms with van der Waals surface area (Å²) < 4.78 is 39.8. The van der Waals surface area contributed by atoms with Crippen LogP contribution in [0.15, 0.2) is 23.1 Å². The summed E-state index contributed by atoms with van der Waals surface area (Å²) >= 11 is 0. The molecule has 0 unspecified atom stereocenters. The first-order chi connectivity index (χ1) is 9.45. The minimum absolute atomic E-state index is 0.195. The second kappa shape index (κ2) is 5.79. The number of sulfonamides is 1. The van der Waals surface area contributed by atoms with Crippen molar-refractivity contribution in [3.05, 3.63) is 24.0 Å². The summed E-state index contributed by atoms with van der Waals surface area (Å²) in [5.74, 6) is 1.70. The van der Waals surface area contributed by atoms with Gasteiger partial charge in [-0.15, -0.1) is 6.42 Å². The fraction of sp³-hybridized carbons (Fsp3) is 0.385. The van der Waals surface area contributed by atoms with Crippen LogP contribution in [0.3, 0.4) is 0 Å². The topological polar surface area (TPSA) is 66.6 Å². The number of benzene rings is 1. The molecule has 1 aromatic rings. The normalized spacial score (nSPS) is 17.8. The van der Waals surface area contributed by atoms with E-state index in [1.54, 1.807) is 0 Å². The molecular formula is C13H16FN3O2S. The number of nitrogen functional groups attached to an aromatic ring is 1. The van der Waals surface area contributed by atoms with Crippen LogP contribution in [0.5, 0.6) is 0 Å². The largest absolute Gasteiger partial charge is 0.399 e. The number of halogens is 1. The molecule has 0 atom stereocenters. The molecule has 2 N–H and O–H groups in total. The molecule has 0 amide bonds. The van der Waals surface area contributed by atoms with Crippen molar-refractivity contribution < 1.29 is 12.8 Å². The van der Waals surface area contributed by atoms with Gasteiger partial charge < -0.3 is 5.73 Å². The molecule has 2 rings (SSSR count). The summed E-state index contributed by atoms with van der Waals surface area (Å²) in [5.41, 5.74) is 5.62. The summed E-state index contributed by atoms with van der Waals surface area (Å²) in [6.45, 7) is 2.17. The molecule has 1 saturated heterocycles. The van der Waals surface area contributed by atoms with Crippen LogP contribution in [0.4, 0.5) is 10.1 Å². The predicted octanol–water partition coefficient (Wildman–Crippen LogP) is 0.347. The number of rotatable bonds is 3. The van der Waals surface area contributed by atoms with Gasteiger partial charge in [-0.25, -0.2) is 12.8 Å². The number of nitrogens with two attached hydrogens (primary N) is 1. The Morgan fingerprint density at radius 1 is 1.30 bits per heavy atom. The first-order valence-corrected chi connectivity index (χ1v) is 7.60. The van der Waals surface area contributed by atoms with Crippen LogP contribution in [0.2, 0.25) is 0 Å². The van der Waals surface area contributed by atoms with E-state index < -0.39 is 15.8 Å².